The molecule has 0 amide bonds. The summed E-state index contributed by atoms with van der Waals surface area (Å²) in [6.07, 6.45) is 10.7. The van der Waals surface area contributed by atoms with E-state index in [-0.39, 0.29) is 6.10 Å². The van der Waals surface area contributed by atoms with E-state index in [1.807, 2.05) is 6.92 Å². The van der Waals surface area contributed by atoms with Gasteiger partial charge in [-0.05, 0) is 50.9 Å². The molecule has 0 spiro atoms. The number of allylic oxidation sites excluding steroid dienone is 2. The predicted molar refractivity (Wildman–Crippen MR) is 56.6 cm³/mol. The molecule has 1 aliphatic carbocycles. The van der Waals surface area contributed by atoms with Crippen molar-refractivity contribution in [2.75, 3.05) is 0 Å². The van der Waals surface area contributed by atoms with Crippen LogP contribution in [0.25, 0.3) is 0 Å². The number of aliphatic hydroxyl groups excluding tert-OH is 1. The van der Waals surface area contributed by atoms with Crippen molar-refractivity contribution in [2.45, 2.75) is 52.1 Å². The molecule has 0 aliphatic heterocycles. The van der Waals surface area contributed by atoms with Crippen LogP contribution in [-0.4, -0.2) is 11.2 Å². The summed E-state index contributed by atoms with van der Waals surface area (Å²) in [5.74, 6) is 1.29. The van der Waals surface area contributed by atoms with E-state index in [9.17, 15) is 5.11 Å². The van der Waals surface area contributed by atoms with Crippen LogP contribution in [0.2, 0.25) is 0 Å². The molecule has 2 atom stereocenters. The minimum absolute atomic E-state index is 0.142. The second kappa shape index (κ2) is 5.43. The quantitative estimate of drug-likeness (QED) is 0.665. The summed E-state index contributed by atoms with van der Waals surface area (Å²) in [5, 5.41) is 9.41. The van der Waals surface area contributed by atoms with Gasteiger partial charge in [0.2, 0.25) is 0 Å². The van der Waals surface area contributed by atoms with Crippen LogP contribution in [-0.2, 0) is 0 Å². The molecule has 76 valence electrons. The minimum Gasteiger partial charge on any atom is -0.393 e. The second-order valence-corrected chi connectivity index (χ2v) is 4.45. The van der Waals surface area contributed by atoms with Gasteiger partial charge in [0.15, 0.2) is 0 Å². The molecule has 1 nitrogen and oxygen atoms in total. The molecule has 0 bridgehead atoms. The van der Waals surface area contributed by atoms with Gasteiger partial charge in [-0.15, -0.1) is 0 Å². The lowest BCUT2D eigenvalue weighted by Crippen LogP contribution is -2.17. The molecule has 0 aromatic heterocycles. The lowest BCUT2D eigenvalue weighted by atomic mass is 9.87. The molecule has 13 heavy (non-hydrogen) atoms. The van der Waals surface area contributed by atoms with E-state index in [2.05, 4.69) is 19.1 Å². The molecule has 0 aromatic carbocycles. The van der Waals surface area contributed by atoms with Crippen LogP contribution in [0.1, 0.15) is 46.0 Å². The molecular weight excluding hydrogens is 160 g/mol. The molecule has 0 saturated carbocycles. The van der Waals surface area contributed by atoms with E-state index in [4.69, 9.17) is 0 Å². The molecule has 1 rings (SSSR count). The Labute approximate surface area is 81.9 Å². The maximum atomic E-state index is 9.41. The fraction of sp³-hybridized carbons (Fsp3) is 0.833. The molecule has 0 radical (unpaired) electrons. The van der Waals surface area contributed by atoms with Gasteiger partial charge in [-0.3, -0.25) is 0 Å². The maximum absolute atomic E-state index is 9.41. The number of hydrogen-bond acceptors (Lipinski definition) is 1. The van der Waals surface area contributed by atoms with Crippen molar-refractivity contribution in [3.8, 4) is 0 Å². The van der Waals surface area contributed by atoms with Crippen LogP contribution in [0.15, 0.2) is 12.2 Å². The van der Waals surface area contributed by atoms with Gasteiger partial charge < -0.3 is 5.11 Å². The minimum atomic E-state index is -0.142. The Balaban J connectivity index is 2.27. The van der Waals surface area contributed by atoms with Gasteiger partial charge >= 0.3 is 0 Å². The number of aliphatic hydroxyl groups is 1. The summed E-state index contributed by atoms with van der Waals surface area (Å²) in [4.78, 5) is 0. The first-order valence-corrected chi connectivity index (χ1v) is 5.53. The standard InChI is InChI=1S/C12H22O/c1-10(11(2)13)9-12-7-5-3-4-6-8-12/h3-4,10-13H,5-9H2,1-2H3. The summed E-state index contributed by atoms with van der Waals surface area (Å²) in [6, 6.07) is 0. The van der Waals surface area contributed by atoms with E-state index in [1.165, 1.54) is 32.1 Å². The van der Waals surface area contributed by atoms with Gasteiger partial charge in [-0.25, -0.2) is 0 Å². The molecular formula is C12H22O. The van der Waals surface area contributed by atoms with Gasteiger partial charge in [0.05, 0.1) is 6.10 Å². The third-order valence-corrected chi connectivity index (χ3v) is 3.18. The Morgan fingerprint density at radius 1 is 1.23 bits per heavy atom. The highest BCUT2D eigenvalue weighted by molar-refractivity contribution is 4.87. The highest BCUT2D eigenvalue weighted by atomic mass is 16.3. The van der Waals surface area contributed by atoms with E-state index in [1.54, 1.807) is 0 Å². The predicted octanol–water partition coefficient (Wildman–Crippen LogP) is 3.14. The molecule has 0 saturated heterocycles. The van der Waals surface area contributed by atoms with E-state index in [0.29, 0.717) is 5.92 Å². The first-order chi connectivity index (χ1) is 6.20. The molecule has 1 aliphatic rings. The summed E-state index contributed by atoms with van der Waals surface area (Å²) in [6.45, 7) is 4.06. The topological polar surface area (TPSA) is 20.2 Å². The fourth-order valence-corrected chi connectivity index (χ4v) is 2.00. The zero-order chi connectivity index (χ0) is 9.68. The largest absolute Gasteiger partial charge is 0.393 e. The SMILES string of the molecule is CC(O)C(C)CC1CCC=CCC1. The van der Waals surface area contributed by atoms with Crippen LogP contribution >= 0.6 is 0 Å². The van der Waals surface area contributed by atoms with Crippen molar-refractivity contribution in [2.24, 2.45) is 11.8 Å². The first kappa shape index (κ1) is 10.8. The second-order valence-electron chi connectivity index (χ2n) is 4.45. The summed E-state index contributed by atoms with van der Waals surface area (Å²) >= 11 is 0. The summed E-state index contributed by atoms with van der Waals surface area (Å²) in [5.41, 5.74) is 0. The Bertz CT molecular complexity index is 151. The van der Waals surface area contributed by atoms with Crippen molar-refractivity contribution in [3.63, 3.8) is 0 Å². The molecule has 0 fully saturated rings. The van der Waals surface area contributed by atoms with Crippen molar-refractivity contribution in [3.05, 3.63) is 12.2 Å². The Hall–Kier alpha value is -0.300. The zero-order valence-corrected chi connectivity index (χ0v) is 8.87. The highest BCUT2D eigenvalue weighted by Crippen LogP contribution is 2.26. The highest BCUT2D eigenvalue weighted by Gasteiger charge is 2.16. The average Bonchev–Trinajstić information content (AvgIpc) is 2.32. The van der Waals surface area contributed by atoms with Crippen LogP contribution in [0, 0.1) is 11.8 Å². The van der Waals surface area contributed by atoms with Crippen molar-refractivity contribution in [1.82, 2.24) is 0 Å². The van der Waals surface area contributed by atoms with Gasteiger partial charge in [-0.1, -0.05) is 19.1 Å². The molecule has 0 aromatic rings. The number of rotatable bonds is 3. The van der Waals surface area contributed by atoms with Gasteiger partial charge in [-0.2, -0.15) is 0 Å². The average molecular weight is 182 g/mol. The summed E-state index contributed by atoms with van der Waals surface area (Å²) in [7, 11) is 0. The Morgan fingerprint density at radius 2 is 1.77 bits per heavy atom. The lowest BCUT2D eigenvalue weighted by Gasteiger charge is -2.21. The monoisotopic (exact) mass is 182 g/mol. The van der Waals surface area contributed by atoms with Crippen LogP contribution in [0.3, 0.4) is 0 Å². The van der Waals surface area contributed by atoms with Gasteiger partial charge in [0.1, 0.15) is 0 Å². The van der Waals surface area contributed by atoms with Crippen LogP contribution in [0.5, 0.6) is 0 Å². The smallest absolute Gasteiger partial charge is 0.0537 e. The lowest BCUT2D eigenvalue weighted by molar-refractivity contribution is 0.117. The normalized spacial score (nSPS) is 23.9. The van der Waals surface area contributed by atoms with Gasteiger partial charge in [0, 0.05) is 0 Å². The molecule has 0 heterocycles. The molecule has 1 heteroatoms. The molecule has 2 unspecified atom stereocenters. The summed E-state index contributed by atoms with van der Waals surface area (Å²) < 4.78 is 0. The first-order valence-electron chi connectivity index (χ1n) is 5.53. The van der Waals surface area contributed by atoms with E-state index in [0.717, 1.165) is 5.92 Å². The zero-order valence-electron chi connectivity index (χ0n) is 8.87. The molecule has 1 N–H and O–H groups in total. The Kier molecular flexibility index (Phi) is 4.51. The van der Waals surface area contributed by atoms with E-state index >= 15 is 0 Å². The third kappa shape index (κ3) is 3.95. The van der Waals surface area contributed by atoms with Gasteiger partial charge in [0.25, 0.3) is 0 Å². The van der Waals surface area contributed by atoms with Crippen molar-refractivity contribution >= 4 is 0 Å². The fourth-order valence-electron chi connectivity index (χ4n) is 2.00. The van der Waals surface area contributed by atoms with Crippen LogP contribution in [0.4, 0.5) is 0 Å². The van der Waals surface area contributed by atoms with Crippen LogP contribution < -0.4 is 0 Å². The third-order valence-electron chi connectivity index (χ3n) is 3.18. The van der Waals surface area contributed by atoms with Crippen molar-refractivity contribution in [1.29, 1.82) is 0 Å². The maximum Gasteiger partial charge on any atom is 0.0537 e. The number of hydrogen-bond donors (Lipinski definition) is 1. The van der Waals surface area contributed by atoms with Crippen molar-refractivity contribution < 1.29 is 5.11 Å². The Morgan fingerprint density at radius 3 is 2.23 bits per heavy atom. The van der Waals surface area contributed by atoms with E-state index < -0.39 is 0 Å².